The number of aliphatic hydroxyl groups is 1. The molecule has 3 rings (SSSR count). The smallest absolute Gasteiger partial charge is 0.159 e. The minimum absolute atomic E-state index is 0.117. The van der Waals surface area contributed by atoms with E-state index in [2.05, 4.69) is 15.5 Å². The van der Waals surface area contributed by atoms with Crippen LogP contribution in [0.3, 0.4) is 0 Å². The Bertz CT molecular complexity index is 611. The Morgan fingerprint density at radius 3 is 2.50 bits per heavy atom. The lowest BCUT2D eigenvalue weighted by Gasteiger charge is -2.37. The second kappa shape index (κ2) is 5.54. The van der Waals surface area contributed by atoms with E-state index in [9.17, 15) is 5.11 Å². The summed E-state index contributed by atoms with van der Waals surface area (Å²) in [6.07, 6.45) is 5.42. The maximum absolute atomic E-state index is 9.79. The highest BCUT2D eigenvalue weighted by atomic mass is 35.5. The first kappa shape index (κ1) is 13.6. The van der Waals surface area contributed by atoms with Gasteiger partial charge in [-0.05, 0) is 12.8 Å². The van der Waals surface area contributed by atoms with E-state index in [1.165, 1.54) is 6.42 Å². The molecule has 1 heterocycles. The fraction of sp³-hybridized carbons (Fsp3) is 0.467. The molecule has 1 fully saturated rings. The molecule has 1 aromatic carbocycles. The van der Waals surface area contributed by atoms with E-state index in [0.29, 0.717) is 11.0 Å². The molecule has 4 nitrogen and oxygen atoms in total. The number of nitrogens with one attached hydrogen (secondary N) is 1. The number of benzene rings is 1. The van der Waals surface area contributed by atoms with Gasteiger partial charge in [0.25, 0.3) is 0 Å². The van der Waals surface area contributed by atoms with Crippen LogP contribution >= 0.6 is 11.6 Å². The zero-order valence-corrected chi connectivity index (χ0v) is 12.0. The molecule has 0 bridgehead atoms. The number of anilines is 1. The number of aromatic nitrogens is 2. The maximum atomic E-state index is 9.79. The molecule has 1 aliphatic carbocycles. The minimum Gasteiger partial charge on any atom is -0.394 e. The van der Waals surface area contributed by atoms with Crippen molar-refractivity contribution in [1.29, 1.82) is 0 Å². The molecule has 1 saturated carbocycles. The third-order valence-electron chi connectivity index (χ3n) is 4.14. The molecule has 0 amide bonds. The summed E-state index contributed by atoms with van der Waals surface area (Å²) in [5.41, 5.74) is -0.274. The lowest BCUT2D eigenvalue weighted by molar-refractivity contribution is 0.172. The van der Waals surface area contributed by atoms with Crippen molar-refractivity contribution >= 4 is 28.2 Å². The second-order valence-corrected chi connectivity index (χ2v) is 5.87. The van der Waals surface area contributed by atoms with Crippen LogP contribution in [0.2, 0.25) is 5.15 Å². The summed E-state index contributed by atoms with van der Waals surface area (Å²) < 4.78 is 0. The second-order valence-electron chi connectivity index (χ2n) is 5.51. The van der Waals surface area contributed by atoms with Gasteiger partial charge in [-0.3, -0.25) is 0 Å². The quantitative estimate of drug-likeness (QED) is 0.910. The highest BCUT2D eigenvalue weighted by Gasteiger charge is 2.32. The molecule has 0 spiro atoms. The Hall–Kier alpha value is -1.39. The molecule has 0 aliphatic heterocycles. The van der Waals surface area contributed by atoms with Crippen molar-refractivity contribution in [3.8, 4) is 0 Å². The van der Waals surface area contributed by atoms with Gasteiger partial charge in [0, 0.05) is 10.8 Å². The number of fused-ring (bicyclic) bond motifs is 1. The van der Waals surface area contributed by atoms with Crippen molar-refractivity contribution in [2.24, 2.45) is 0 Å². The normalized spacial score (nSPS) is 18.1. The first-order chi connectivity index (χ1) is 9.74. The third kappa shape index (κ3) is 2.45. The number of rotatable bonds is 3. The zero-order chi connectivity index (χ0) is 14.0. The maximum Gasteiger partial charge on any atom is 0.159 e. The van der Waals surface area contributed by atoms with Crippen LogP contribution in [-0.4, -0.2) is 27.4 Å². The lowest BCUT2D eigenvalue weighted by Crippen LogP contribution is -2.44. The van der Waals surface area contributed by atoms with Gasteiger partial charge in [0.15, 0.2) is 11.0 Å². The van der Waals surface area contributed by atoms with Crippen LogP contribution < -0.4 is 5.32 Å². The van der Waals surface area contributed by atoms with E-state index in [4.69, 9.17) is 11.6 Å². The Labute approximate surface area is 123 Å². The average Bonchev–Trinajstić information content (AvgIpc) is 2.51. The van der Waals surface area contributed by atoms with Crippen LogP contribution in [0.5, 0.6) is 0 Å². The van der Waals surface area contributed by atoms with E-state index in [1.54, 1.807) is 0 Å². The van der Waals surface area contributed by atoms with Gasteiger partial charge in [-0.25, -0.2) is 0 Å². The summed E-state index contributed by atoms with van der Waals surface area (Å²) in [4.78, 5) is 0. The molecule has 1 aromatic heterocycles. The predicted molar refractivity (Wildman–Crippen MR) is 81.1 cm³/mol. The van der Waals surface area contributed by atoms with E-state index in [0.717, 1.165) is 36.5 Å². The molecule has 0 saturated heterocycles. The summed E-state index contributed by atoms with van der Waals surface area (Å²) >= 11 is 6.09. The van der Waals surface area contributed by atoms with E-state index >= 15 is 0 Å². The van der Waals surface area contributed by atoms with Crippen molar-refractivity contribution < 1.29 is 5.11 Å². The number of hydrogen-bond acceptors (Lipinski definition) is 4. The van der Waals surface area contributed by atoms with Gasteiger partial charge in [0.2, 0.25) is 0 Å². The summed E-state index contributed by atoms with van der Waals surface area (Å²) in [7, 11) is 0. The van der Waals surface area contributed by atoms with Crippen LogP contribution in [0, 0.1) is 0 Å². The molecular weight excluding hydrogens is 274 g/mol. The van der Waals surface area contributed by atoms with Gasteiger partial charge in [0.05, 0.1) is 12.1 Å². The largest absolute Gasteiger partial charge is 0.394 e. The molecule has 0 atom stereocenters. The molecule has 2 aromatic rings. The van der Waals surface area contributed by atoms with E-state index in [1.807, 2.05) is 24.3 Å². The number of halogens is 1. The number of nitrogens with zero attached hydrogens (tertiary/aromatic N) is 2. The molecule has 2 N–H and O–H groups in total. The topological polar surface area (TPSA) is 58.0 Å². The minimum atomic E-state index is -0.274. The Kier molecular flexibility index (Phi) is 3.76. The van der Waals surface area contributed by atoms with E-state index < -0.39 is 0 Å². The van der Waals surface area contributed by atoms with Gasteiger partial charge in [0.1, 0.15) is 0 Å². The molecule has 106 valence electrons. The van der Waals surface area contributed by atoms with Crippen LogP contribution in [0.15, 0.2) is 24.3 Å². The third-order valence-corrected chi connectivity index (χ3v) is 4.42. The van der Waals surface area contributed by atoms with Gasteiger partial charge in [-0.1, -0.05) is 55.1 Å². The van der Waals surface area contributed by atoms with Gasteiger partial charge in [-0.2, -0.15) is 0 Å². The number of hydrogen-bond donors (Lipinski definition) is 2. The van der Waals surface area contributed by atoms with Crippen molar-refractivity contribution in [3.05, 3.63) is 29.4 Å². The fourth-order valence-corrected chi connectivity index (χ4v) is 3.17. The van der Waals surface area contributed by atoms with Crippen LogP contribution in [-0.2, 0) is 0 Å². The van der Waals surface area contributed by atoms with Crippen molar-refractivity contribution in [2.75, 3.05) is 11.9 Å². The van der Waals surface area contributed by atoms with Crippen LogP contribution in [0.25, 0.3) is 10.8 Å². The van der Waals surface area contributed by atoms with E-state index in [-0.39, 0.29) is 12.1 Å². The summed E-state index contributed by atoms with van der Waals surface area (Å²) in [5, 5.41) is 23.7. The van der Waals surface area contributed by atoms with Gasteiger partial charge >= 0.3 is 0 Å². The number of aliphatic hydroxyl groups excluding tert-OH is 1. The Balaban J connectivity index is 2.00. The molecular formula is C15H18ClN3O. The van der Waals surface area contributed by atoms with Gasteiger partial charge in [-0.15, -0.1) is 10.2 Å². The first-order valence-electron chi connectivity index (χ1n) is 7.04. The fourth-order valence-electron chi connectivity index (χ4n) is 2.97. The molecule has 5 heteroatoms. The average molecular weight is 292 g/mol. The Morgan fingerprint density at radius 1 is 1.10 bits per heavy atom. The molecule has 20 heavy (non-hydrogen) atoms. The van der Waals surface area contributed by atoms with Crippen LogP contribution in [0.4, 0.5) is 5.82 Å². The summed E-state index contributed by atoms with van der Waals surface area (Å²) in [6.45, 7) is 0.117. The van der Waals surface area contributed by atoms with Crippen molar-refractivity contribution in [2.45, 2.75) is 37.6 Å². The van der Waals surface area contributed by atoms with Gasteiger partial charge < -0.3 is 10.4 Å². The SMILES string of the molecule is OCC1(Nc2nnc(Cl)c3ccccc23)CCCCC1. The molecule has 0 unspecified atom stereocenters. The highest BCUT2D eigenvalue weighted by molar-refractivity contribution is 6.34. The highest BCUT2D eigenvalue weighted by Crippen LogP contribution is 2.33. The zero-order valence-electron chi connectivity index (χ0n) is 11.3. The van der Waals surface area contributed by atoms with Crippen molar-refractivity contribution in [1.82, 2.24) is 10.2 Å². The summed E-state index contributed by atoms with van der Waals surface area (Å²) in [5.74, 6) is 0.709. The van der Waals surface area contributed by atoms with Crippen LogP contribution in [0.1, 0.15) is 32.1 Å². The van der Waals surface area contributed by atoms with Crippen molar-refractivity contribution in [3.63, 3.8) is 0 Å². The standard InChI is InChI=1S/C15H18ClN3O/c16-13-11-6-2-3-7-12(11)14(19-18-13)17-15(10-20)8-4-1-5-9-15/h2-3,6-7,20H,1,4-5,8-10H2,(H,17,19). The predicted octanol–water partition coefficient (Wildman–Crippen LogP) is 3.39. The first-order valence-corrected chi connectivity index (χ1v) is 7.42. The lowest BCUT2D eigenvalue weighted by atomic mass is 9.82. The Morgan fingerprint density at radius 2 is 1.80 bits per heavy atom. The monoisotopic (exact) mass is 291 g/mol. The molecule has 0 radical (unpaired) electrons. The summed E-state index contributed by atoms with van der Waals surface area (Å²) in [6, 6.07) is 7.80. The molecule has 1 aliphatic rings.